The van der Waals surface area contributed by atoms with Crippen molar-refractivity contribution in [3.05, 3.63) is 34.3 Å². The fraction of sp³-hybridized carbons (Fsp3) is 0.643. The molecule has 0 unspecified atom stereocenters. The summed E-state index contributed by atoms with van der Waals surface area (Å²) in [5.41, 5.74) is -0.251. The summed E-state index contributed by atoms with van der Waals surface area (Å²) in [5, 5.41) is 8.61. The lowest BCUT2D eigenvalue weighted by molar-refractivity contribution is -0.158. The van der Waals surface area contributed by atoms with Gasteiger partial charge in [-0.1, -0.05) is 28.1 Å². The average molecular weight is 599 g/mol. The van der Waals surface area contributed by atoms with E-state index in [0.29, 0.717) is 6.42 Å². The molecule has 0 spiro atoms. The lowest BCUT2D eigenvalue weighted by Crippen LogP contribution is -2.52. The molecule has 3 N–H and O–H groups in total. The number of rotatable bonds is 14. The molecule has 2 atom stereocenters. The molecule has 0 aliphatic carbocycles. The SMILES string of the molecule is CC(=O)[C@H](CCCCNCc1ccc(Br)cc1)NC(=O)N[C@@H](CCC(=O)OC(C)(C)C)C(=O)OC(C)(C)C. The van der Waals surface area contributed by atoms with Gasteiger partial charge in [0.15, 0.2) is 5.78 Å². The fourth-order valence-electron chi connectivity index (χ4n) is 3.45. The van der Waals surface area contributed by atoms with E-state index in [9.17, 15) is 19.2 Å². The zero-order valence-electron chi connectivity index (χ0n) is 23.7. The number of unbranched alkanes of at least 4 members (excludes halogenated alkanes) is 1. The Balaban J connectivity index is 2.59. The molecule has 0 aliphatic rings. The van der Waals surface area contributed by atoms with Gasteiger partial charge in [0.05, 0.1) is 6.04 Å². The molecular weight excluding hydrogens is 554 g/mol. The monoisotopic (exact) mass is 597 g/mol. The number of carbonyl (C=O) groups is 4. The van der Waals surface area contributed by atoms with Crippen LogP contribution in [-0.2, 0) is 30.4 Å². The van der Waals surface area contributed by atoms with Crippen LogP contribution in [0.15, 0.2) is 28.7 Å². The highest BCUT2D eigenvalue weighted by molar-refractivity contribution is 9.10. The molecule has 2 amide bonds. The molecule has 0 aromatic heterocycles. The Morgan fingerprint density at radius 1 is 0.842 bits per heavy atom. The van der Waals surface area contributed by atoms with Gasteiger partial charge in [0.2, 0.25) is 0 Å². The molecule has 1 aromatic carbocycles. The van der Waals surface area contributed by atoms with Gasteiger partial charge in [-0.15, -0.1) is 0 Å². The van der Waals surface area contributed by atoms with E-state index >= 15 is 0 Å². The number of ether oxygens (including phenoxy) is 2. The van der Waals surface area contributed by atoms with Crippen molar-refractivity contribution >= 4 is 39.7 Å². The van der Waals surface area contributed by atoms with Crippen LogP contribution in [0.5, 0.6) is 0 Å². The summed E-state index contributed by atoms with van der Waals surface area (Å²) in [6, 6.07) is 5.65. The molecule has 9 nitrogen and oxygen atoms in total. The van der Waals surface area contributed by atoms with E-state index in [0.717, 1.165) is 30.4 Å². The molecular formula is C28H44BrN3O6. The van der Waals surface area contributed by atoms with Crippen molar-refractivity contribution in [3.63, 3.8) is 0 Å². The number of hydrogen-bond acceptors (Lipinski definition) is 7. The van der Waals surface area contributed by atoms with E-state index in [1.54, 1.807) is 41.5 Å². The lowest BCUT2D eigenvalue weighted by Gasteiger charge is -2.26. The largest absolute Gasteiger partial charge is 0.460 e. The molecule has 1 rings (SSSR count). The highest BCUT2D eigenvalue weighted by Gasteiger charge is 2.29. The third-order valence-electron chi connectivity index (χ3n) is 5.19. The summed E-state index contributed by atoms with van der Waals surface area (Å²) in [6.07, 6.45) is 1.96. The van der Waals surface area contributed by atoms with Crippen molar-refractivity contribution in [2.75, 3.05) is 6.54 Å². The highest BCUT2D eigenvalue weighted by Crippen LogP contribution is 2.14. The van der Waals surface area contributed by atoms with Gasteiger partial charge in [0.25, 0.3) is 0 Å². The summed E-state index contributed by atoms with van der Waals surface area (Å²) < 4.78 is 11.8. The van der Waals surface area contributed by atoms with Crippen molar-refractivity contribution in [1.29, 1.82) is 0 Å². The van der Waals surface area contributed by atoms with Crippen LogP contribution in [0.25, 0.3) is 0 Å². The first kappa shape index (κ1) is 33.6. The predicted molar refractivity (Wildman–Crippen MR) is 151 cm³/mol. The normalized spacial score (nSPS) is 13.3. The molecule has 0 saturated heterocycles. The molecule has 38 heavy (non-hydrogen) atoms. The summed E-state index contributed by atoms with van der Waals surface area (Å²) in [4.78, 5) is 49.7. The third-order valence-corrected chi connectivity index (χ3v) is 5.72. The van der Waals surface area contributed by atoms with E-state index in [2.05, 4.69) is 31.9 Å². The Morgan fingerprint density at radius 2 is 1.42 bits per heavy atom. The molecule has 214 valence electrons. The first-order valence-electron chi connectivity index (χ1n) is 13.0. The first-order valence-corrected chi connectivity index (χ1v) is 13.8. The van der Waals surface area contributed by atoms with Crippen molar-refractivity contribution in [2.45, 2.75) is 110 Å². The van der Waals surface area contributed by atoms with E-state index in [4.69, 9.17) is 9.47 Å². The Bertz CT molecular complexity index is 922. The van der Waals surface area contributed by atoms with E-state index in [1.165, 1.54) is 12.5 Å². The number of Topliss-reactive ketones (excluding diaryl/α,β-unsaturated/α-hetero) is 1. The van der Waals surface area contributed by atoms with Crippen LogP contribution in [0.1, 0.15) is 86.1 Å². The number of carbonyl (C=O) groups excluding carboxylic acids is 4. The maximum Gasteiger partial charge on any atom is 0.329 e. The van der Waals surface area contributed by atoms with Gasteiger partial charge in [-0.3, -0.25) is 9.59 Å². The van der Waals surface area contributed by atoms with Gasteiger partial charge >= 0.3 is 18.0 Å². The van der Waals surface area contributed by atoms with Crippen LogP contribution in [0.4, 0.5) is 4.79 Å². The number of benzene rings is 1. The van der Waals surface area contributed by atoms with Crippen molar-refractivity contribution in [2.24, 2.45) is 0 Å². The lowest BCUT2D eigenvalue weighted by atomic mass is 10.1. The van der Waals surface area contributed by atoms with Gasteiger partial charge in [-0.2, -0.15) is 0 Å². The molecule has 0 radical (unpaired) electrons. The van der Waals surface area contributed by atoms with Gasteiger partial charge < -0.3 is 25.4 Å². The van der Waals surface area contributed by atoms with Gasteiger partial charge in [-0.25, -0.2) is 9.59 Å². The highest BCUT2D eigenvalue weighted by atomic mass is 79.9. The number of esters is 2. The fourth-order valence-corrected chi connectivity index (χ4v) is 3.71. The summed E-state index contributed by atoms with van der Waals surface area (Å²) in [6.45, 7) is 13.4. The van der Waals surface area contributed by atoms with Crippen LogP contribution in [-0.4, -0.2) is 53.6 Å². The number of halogens is 1. The van der Waals surface area contributed by atoms with Gasteiger partial charge in [0.1, 0.15) is 17.2 Å². The van der Waals surface area contributed by atoms with Crippen LogP contribution >= 0.6 is 15.9 Å². The zero-order chi connectivity index (χ0) is 28.9. The maximum absolute atomic E-state index is 12.7. The van der Waals surface area contributed by atoms with Crippen LogP contribution in [0.2, 0.25) is 0 Å². The Morgan fingerprint density at radius 3 is 1.97 bits per heavy atom. The Hall–Kier alpha value is -2.46. The van der Waals surface area contributed by atoms with Crippen molar-refractivity contribution in [1.82, 2.24) is 16.0 Å². The quantitative estimate of drug-likeness (QED) is 0.208. The van der Waals surface area contributed by atoms with Crippen molar-refractivity contribution in [3.8, 4) is 0 Å². The number of urea groups is 1. The Kier molecular flexibility index (Phi) is 14.0. The standard InChI is InChI=1S/C28H44BrN3O6/c1-19(33)22(10-8-9-17-30-18-20-11-13-21(29)14-12-20)31-26(36)32-23(25(35)38-28(5,6)7)15-16-24(34)37-27(2,3)4/h11-14,22-23,30H,8-10,15-18H2,1-7H3,(H2,31,32,36)/t22-,23-/m0/s1. The minimum absolute atomic E-state index is 0.00597. The van der Waals surface area contributed by atoms with Gasteiger partial charge in [0, 0.05) is 17.4 Å². The zero-order valence-corrected chi connectivity index (χ0v) is 25.3. The second kappa shape index (κ2) is 15.8. The summed E-state index contributed by atoms with van der Waals surface area (Å²) in [7, 11) is 0. The maximum atomic E-state index is 12.7. The van der Waals surface area contributed by atoms with Crippen LogP contribution in [0, 0.1) is 0 Å². The number of ketones is 1. The minimum atomic E-state index is -1.07. The number of nitrogens with one attached hydrogen (secondary N) is 3. The van der Waals surface area contributed by atoms with E-state index in [1.807, 2.05) is 24.3 Å². The Labute approximate surface area is 235 Å². The topological polar surface area (TPSA) is 123 Å². The molecule has 0 bridgehead atoms. The molecule has 10 heteroatoms. The van der Waals surface area contributed by atoms with Crippen LogP contribution < -0.4 is 16.0 Å². The number of amides is 2. The predicted octanol–water partition coefficient (Wildman–Crippen LogP) is 4.80. The minimum Gasteiger partial charge on any atom is -0.460 e. The summed E-state index contributed by atoms with van der Waals surface area (Å²) >= 11 is 3.42. The molecule has 0 fully saturated rings. The van der Waals surface area contributed by atoms with E-state index < -0.39 is 41.3 Å². The average Bonchev–Trinajstić information content (AvgIpc) is 2.76. The molecule has 0 heterocycles. The third kappa shape index (κ3) is 15.7. The molecule has 1 aromatic rings. The second-order valence-corrected chi connectivity index (χ2v) is 12.2. The summed E-state index contributed by atoms with van der Waals surface area (Å²) in [5.74, 6) is -1.32. The molecule has 0 aliphatic heterocycles. The second-order valence-electron chi connectivity index (χ2n) is 11.3. The van der Waals surface area contributed by atoms with E-state index in [-0.39, 0.29) is 18.6 Å². The smallest absolute Gasteiger partial charge is 0.329 e. The van der Waals surface area contributed by atoms with Gasteiger partial charge in [-0.05, 0) is 98.4 Å². The van der Waals surface area contributed by atoms with Crippen molar-refractivity contribution < 1.29 is 28.7 Å². The first-order chi connectivity index (χ1) is 17.6. The van der Waals surface area contributed by atoms with Crippen LogP contribution in [0.3, 0.4) is 0 Å². The molecule has 0 saturated carbocycles. The number of hydrogen-bond donors (Lipinski definition) is 3.